The largest absolute Gasteiger partial charge is 0.351 e. The average molecular weight is 470 g/mol. The van der Waals surface area contributed by atoms with E-state index in [1.165, 1.54) is 12.0 Å². The number of aromatic nitrogens is 1. The molecule has 1 aliphatic heterocycles. The van der Waals surface area contributed by atoms with Crippen molar-refractivity contribution in [2.75, 3.05) is 6.54 Å². The molecular weight excluding hydrogens is 434 g/mol. The maximum atomic E-state index is 13.8. The number of hydrogen-bond donors (Lipinski definition) is 1. The molecule has 2 heterocycles. The summed E-state index contributed by atoms with van der Waals surface area (Å²) in [6, 6.07) is 24.6. The number of amides is 2. The minimum absolute atomic E-state index is 0.0316. The fourth-order valence-electron chi connectivity index (χ4n) is 5.66. The van der Waals surface area contributed by atoms with Gasteiger partial charge in [0.05, 0.1) is 6.54 Å². The summed E-state index contributed by atoms with van der Waals surface area (Å²) in [4.78, 5) is 29.5. The summed E-state index contributed by atoms with van der Waals surface area (Å²) in [6.07, 6.45) is 7.28. The number of carbonyl (C=O) groups is 2. The number of aryl methyl sites for hydroxylation is 1. The van der Waals surface area contributed by atoms with Crippen LogP contribution in [-0.2, 0) is 17.8 Å². The Morgan fingerprint density at radius 3 is 2.29 bits per heavy atom. The summed E-state index contributed by atoms with van der Waals surface area (Å²) < 4.78 is 2.05. The molecule has 1 atom stereocenters. The van der Waals surface area contributed by atoms with Gasteiger partial charge in [-0.25, -0.2) is 0 Å². The molecule has 2 amide bonds. The van der Waals surface area contributed by atoms with Crippen LogP contribution >= 0.6 is 0 Å². The molecule has 5 rings (SSSR count). The molecule has 0 radical (unpaired) electrons. The number of nitrogens with zero attached hydrogens (tertiary/aromatic N) is 2. The molecular formula is C30H35N3O2. The van der Waals surface area contributed by atoms with Crippen molar-refractivity contribution < 1.29 is 9.59 Å². The van der Waals surface area contributed by atoms with Crippen LogP contribution in [0.15, 0.2) is 72.8 Å². The van der Waals surface area contributed by atoms with Crippen molar-refractivity contribution in [3.63, 3.8) is 0 Å². The lowest BCUT2D eigenvalue weighted by Crippen LogP contribution is -2.65. The Labute approximate surface area is 208 Å². The summed E-state index contributed by atoms with van der Waals surface area (Å²) in [5.41, 5.74) is 3.00. The maximum Gasteiger partial charge on any atom is 0.271 e. The van der Waals surface area contributed by atoms with E-state index in [4.69, 9.17) is 0 Å². The van der Waals surface area contributed by atoms with Crippen LogP contribution in [-0.4, -0.2) is 39.4 Å². The zero-order chi connectivity index (χ0) is 24.3. The van der Waals surface area contributed by atoms with Gasteiger partial charge in [0, 0.05) is 18.3 Å². The van der Waals surface area contributed by atoms with Crippen LogP contribution in [0.5, 0.6) is 0 Å². The van der Waals surface area contributed by atoms with E-state index in [0.29, 0.717) is 18.8 Å². The second-order valence-electron chi connectivity index (χ2n) is 10.2. The third-order valence-corrected chi connectivity index (χ3v) is 7.70. The van der Waals surface area contributed by atoms with Gasteiger partial charge in [-0.05, 0) is 55.9 Å². The summed E-state index contributed by atoms with van der Waals surface area (Å²) in [5.74, 6) is -0.0939. The Kier molecular flexibility index (Phi) is 6.76. The first-order valence-electron chi connectivity index (χ1n) is 13.0. The van der Waals surface area contributed by atoms with E-state index in [-0.39, 0.29) is 17.9 Å². The van der Waals surface area contributed by atoms with Crippen molar-refractivity contribution in [2.24, 2.45) is 0 Å². The second-order valence-corrected chi connectivity index (χ2v) is 10.2. The Morgan fingerprint density at radius 1 is 0.914 bits per heavy atom. The van der Waals surface area contributed by atoms with Crippen molar-refractivity contribution in [3.05, 3.63) is 84.1 Å². The van der Waals surface area contributed by atoms with Gasteiger partial charge >= 0.3 is 0 Å². The molecule has 2 aliphatic rings. The molecule has 0 bridgehead atoms. The van der Waals surface area contributed by atoms with Gasteiger partial charge in [-0.2, -0.15) is 0 Å². The lowest BCUT2D eigenvalue weighted by atomic mass is 9.91. The van der Waals surface area contributed by atoms with Crippen molar-refractivity contribution >= 4 is 11.8 Å². The fourth-order valence-corrected chi connectivity index (χ4v) is 5.66. The highest BCUT2D eigenvalue weighted by atomic mass is 16.2. The Balaban J connectivity index is 1.44. The fraction of sp³-hybridized carbons (Fsp3) is 0.400. The molecule has 2 aromatic carbocycles. The monoisotopic (exact) mass is 469 g/mol. The van der Waals surface area contributed by atoms with E-state index in [1.807, 2.05) is 64.9 Å². The van der Waals surface area contributed by atoms with Crippen LogP contribution in [0, 0.1) is 0 Å². The number of benzene rings is 2. The third kappa shape index (κ3) is 4.77. The zero-order valence-electron chi connectivity index (χ0n) is 20.6. The van der Waals surface area contributed by atoms with Gasteiger partial charge in [-0.3, -0.25) is 9.59 Å². The molecule has 1 aromatic heterocycles. The van der Waals surface area contributed by atoms with Crippen molar-refractivity contribution in [1.29, 1.82) is 0 Å². The van der Waals surface area contributed by atoms with E-state index in [0.717, 1.165) is 49.8 Å². The van der Waals surface area contributed by atoms with Gasteiger partial charge in [-0.15, -0.1) is 0 Å². The Bertz CT molecular complexity index is 1160. The molecule has 35 heavy (non-hydrogen) atoms. The average Bonchev–Trinajstić information content (AvgIpc) is 3.31. The summed E-state index contributed by atoms with van der Waals surface area (Å²) in [7, 11) is 0. The number of carbonyl (C=O) groups excluding carboxylic acids is 2. The van der Waals surface area contributed by atoms with Crippen molar-refractivity contribution in [2.45, 2.75) is 70.0 Å². The van der Waals surface area contributed by atoms with Crippen LogP contribution in [0.25, 0.3) is 11.3 Å². The van der Waals surface area contributed by atoms with Crippen LogP contribution in [0.3, 0.4) is 0 Å². The number of hydrogen-bond acceptors (Lipinski definition) is 2. The Morgan fingerprint density at radius 2 is 1.57 bits per heavy atom. The first-order valence-corrected chi connectivity index (χ1v) is 13.0. The lowest BCUT2D eigenvalue weighted by molar-refractivity contribution is -0.133. The van der Waals surface area contributed by atoms with E-state index in [1.54, 1.807) is 0 Å². The molecule has 1 saturated carbocycles. The van der Waals surface area contributed by atoms with Crippen molar-refractivity contribution in [1.82, 2.24) is 14.8 Å². The van der Waals surface area contributed by atoms with Crippen LogP contribution in [0.4, 0.5) is 0 Å². The molecule has 5 heteroatoms. The molecule has 1 N–H and O–H groups in total. The van der Waals surface area contributed by atoms with Crippen molar-refractivity contribution in [3.8, 4) is 11.3 Å². The number of nitrogens with one attached hydrogen (secondary N) is 1. The van der Waals surface area contributed by atoms with E-state index < -0.39 is 5.54 Å². The standard InChI is InChI=1S/C30H35N3O2/c1-30(29(35)31-25-17-9-4-10-18-25)22-32-26(24-15-7-3-8-16-24)19-20-27(32)28(34)33(30)21-11-14-23-12-5-2-6-13-23/h2-3,5-8,12-13,15-16,19-20,25H,4,9-11,14,17-18,21-22H2,1H3,(H,31,35)/t30-/m0/s1. The Hall–Kier alpha value is -3.34. The predicted octanol–water partition coefficient (Wildman–Crippen LogP) is 5.45. The molecule has 0 unspecified atom stereocenters. The first-order chi connectivity index (χ1) is 17.1. The number of fused-ring (bicyclic) bond motifs is 1. The molecule has 1 fully saturated rings. The predicted molar refractivity (Wildman–Crippen MR) is 139 cm³/mol. The van der Waals surface area contributed by atoms with Gasteiger partial charge in [0.25, 0.3) is 5.91 Å². The molecule has 182 valence electrons. The highest BCUT2D eigenvalue weighted by molar-refractivity contribution is 6.00. The minimum Gasteiger partial charge on any atom is -0.351 e. The third-order valence-electron chi connectivity index (χ3n) is 7.70. The van der Waals surface area contributed by atoms with E-state index in [2.05, 4.69) is 29.6 Å². The smallest absolute Gasteiger partial charge is 0.271 e. The number of rotatable bonds is 7. The van der Waals surface area contributed by atoms with Gasteiger partial charge in [0.15, 0.2) is 0 Å². The van der Waals surface area contributed by atoms with E-state index in [9.17, 15) is 9.59 Å². The normalized spacial score (nSPS) is 20.5. The summed E-state index contributed by atoms with van der Waals surface area (Å²) >= 11 is 0. The molecule has 0 spiro atoms. The highest BCUT2D eigenvalue weighted by Crippen LogP contribution is 2.34. The van der Waals surface area contributed by atoms with Gasteiger partial charge in [0.2, 0.25) is 5.91 Å². The second kappa shape index (κ2) is 10.1. The zero-order valence-corrected chi connectivity index (χ0v) is 20.6. The minimum atomic E-state index is -0.944. The van der Waals surface area contributed by atoms with Gasteiger partial charge in [-0.1, -0.05) is 79.9 Å². The molecule has 3 aromatic rings. The topological polar surface area (TPSA) is 54.3 Å². The maximum absolute atomic E-state index is 13.8. The van der Waals surface area contributed by atoms with Crippen LogP contribution in [0.2, 0.25) is 0 Å². The first kappa shape index (κ1) is 23.4. The highest BCUT2D eigenvalue weighted by Gasteiger charge is 2.47. The molecule has 1 aliphatic carbocycles. The van der Waals surface area contributed by atoms with Crippen LogP contribution in [0.1, 0.15) is 61.5 Å². The SMILES string of the molecule is C[C@@]1(C(=O)NC2CCCCC2)Cn2c(ccc2-c2ccccc2)C(=O)N1CCCc1ccccc1. The van der Waals surface area contributed by atoms with Gasteiger partial charge in [0.1, 0.15) is 11.2 Å². The van der Waals surface area contributed by atoms with Crippen LogP contribution < -0.4 is 5.32 Å². The van der Waals surface area contributed by atoms with Gasteiger partial charge < -0.3 is 14.8 Å². The quantitative estimate of drug-likeness (QED) is 0.500. The lowest BCUT2D eigenvalue weighted by Gasteiger charge is -2.45. The molecule has 5 nitrogen and oxygen atoms in total. The van der Waals surface area contributed by atoms with E-state index >= 15 is 0 Å². The summed E-state index contributed by atoms with van der Waals surface area (Å²) in [5, 5.41) is 3.32. The summed E-state index contributed by atoms with van der Waals surface area (Å²) in [6.45, 7) is 2.95. The molecule has 0 saturated heterocycles.